The van der Waals surface area contributed by atoms with E-state index in [2.05, 4.69) is 25.6 Å². The minimum absolute atomic E-state index is 0.144. The Morgan fingerprint density at radius 3 is 2.47 bits per heavy atom. The third kappa shape index (κ3) is 3.23. The quantitative estimate of drug-likeness (QED) is 0.835. The van der Waals surface area contributed by atoms with Gasteiger partial charge in [-0.2, -0.15) is 0 Å². The number of carbonyl (C=O) groups excluding carboxylic acids is 1. The van der Waals surface area contributed by atoms with Crippen molar-refractivity contribution in [3.05, 3.63) is 37.1 Å². The second kappa shape index (κ2) is 5.02. The molecule has 2 rings (SSSR count). The summed E-state index contributed by atoms with van der Waals surface area (Å²) in [6.45, 7) is 1.44. The van der Waals surface area contributed by atoms with E-state index in [1.165, 1.54) is 13.3 Å². The van der Waals surface area contributed by atoms with Gasteiger partial charge < -0.3 is 10.6 Å². The molecule has 0 spiro atoms. The zero-order valence-corrected chi connectivity index (χ0v) is 9.21. The molecule has 86 valence electrons. The van der Waals surface area contributed by atoms with Crippen LogP contribution in [-0.2, 0) is 4.79 Å². The molecule has 0 saturated carbocycles. The molecule has 2 N–H and O–H groups in total. The van der Waals surface area contributed by atoms with Gasteiger partial charge in [0, 0.05) is 6.92 Å². The van der Waals surface area contributed by atoms with Gasteiger partial charge in [-0.25, -0.2) is 15.0 Å². The van der Waals surface area contributed by atoms with Crippen molar-refractivity contribution in [1.29, 1.82) is 0 Å². The summed E-state index contributed by atoms with van der Waals surface area (Å²) in [7, 11) is 0. The highest BCUT2D eigenvalue weighted by Crippen LogP contribution is 2.14. The number of anilines is 3. The molecule has 0 saturated heterocycles. The van der Waals surface area contributed by atoms with E-state index in [0.29, 0.717) is 5.82 Å². The molecule has 2 heterocycles. The number of amides is 1. The lowest BCUT2D eigenvalue weighted by Crippen LogP contribution is -2.07. The van der Waals surface area contributed by atoms with Crippen LogP contribution >= 0.6 is 0 Å². The number of aromatic nitrogens is 3. The van der Waals surface area contributed by atoms with Gasteiger partial charge in [-0.05, 0) is 12.1 Å². The summed E-state index contributed by atoms with van der Waals surface area (Å²) in [5.74, 6) is 0.377. The molecule has 2 aromatic rings. The maximum Gasteiger partial charge on any atom is 0.222 e. The van der Waals surface area contributed by atoms with E-state index >= 15 is 0 Å². The first-order valence-corrected chi connectivity index (χ1v) is 5.00. The highest BCUT2D eigenvalue weighted by atomic mass is 16.1. The van der Waals surface area contributed by atoms with E-state index in [4.69, 9.17) is 0 Å². The predicted octanol–water partition coefficient (Wildman–Crippen LogP) is 1.57. The number of nitrogens with zero attached hydrogens (tertiary/aromatic N) is 3. The lowest BCUT2D eigenvalue weighted by atomic mass is 10.4. The maximum atomic E-state index is 10.8. The fourth-order valence-corrected chi connectivity index (χ4v) is 1.25. The van der Waals surface area contributed by atoms with Gasteiger partial charge in [0.25, 0.3) is 0 Å². The average molecular weight is 229 g/mol. The van der Waals surface area contributed by atoms with Gasteiger partial charge in [-0.3, -0.25) is 4.79 Å². The predicted molar refractivity (Wildman–Crippen MR) is 63.9 cm³/mol. The van der Waals surface area contributed by atoms with Gasteiger partial charge >= 0.3 is 0 Å². The Balaban J connectivity index is 2.06. The fourth-order valence-electron chi connectivity index (χ4n) is 1.25. The molecule has 0 bridgehead atoms. The molecule has 0 aromatic carbocycles. The largest absolute Gasteiger partial charge is 0.352 e. The number of hydrogen-bond acceptors (Lipinski definition) is 5. The Morgan fingerprint density at radius 1 is 1.12 bits per heavy atom. The normalized spacial score (nSPS) is 9.71. The van der Waals surface area contributed by atoms with Crippen molar-refractivity contribution in [2.75, 3.05) is 10.6 Å². The molecule has 0 fully saturated rings. The summed E-state index contributed by atoms with van der Waals surface area (Å²) < 4.78 is 0. The lowest BCUT2D eigenvalue weighted by Gasteiger charge is -2.05. The van der Waals surface area contributed by atoms with Crippen molar-refractivity contribution in [3.63, 3.8) is 0 Å². The van der Waals surface area contributed by atoms with Crippen LogP contribution in [0.15, 0.2) is 37.1 Å². The molecule has 0 radical (unpaired) electrons. The number of rotatable bonds is 3. The molecule has 0 aliphatic carbocycles. The van der Waals surface area contributed by atoms with Crippen molar-refractivity contribution in [2.45, 2.75) is 6.92 Å². The molecule has 6 heteroatoms. The highest BCUT2D eigenvalue weighted by molar-refractivity contribution is 5.87. The molecule has 2 aromatic heterocycles. The zero-order valence-electron chi connectivity index (χ0n) is 9.21. The molecule has 0 aliphatic rings. The average Bonchev–Trinajstić information content (AvgIpc) is 2.32. The molecular formula is C11H11N5O. The van der Waals surface area contributed by atoms with E-state index in [9.17, 15) is 4.79 Å². The maximum absolute atomic E-state index is 10.8. The Hall–Kier alpha value is -2.50. The van der Waals surface area contributed by atoms with E-state index < -0.39 is 0 Å². The first-order chi connectivity index (χ1) is 8.24. The Morgan fingerprint density at radius 2 is 1.88 bits per heavy atom. The summed E-state index contributed by atoms with van der Waals surface area (Å²) >= 11 is 0. The SMILES string of the molecule is CC(=O)Nc1ccc(Nc2cncnc2)cn1. The molecular weight excluding hydrogens is 218 g/mol. The fraction of sp³-hybridized carbons (Fsp3) is 0.0909. The third-order valence-electron chi connectivity index (χ3n) is 1.92. The Labute approximate surface area is 98.1 Å². The van der Waals surface area contributed by atoms with Crippen molar-refractivity contribution in [3.8, 4) is 0 Å². The summed E-state index contributed by atoms with van der Waals surface area (Å²) in [5, 5.41) is 5.68. The highest BCUT2D eigenvalue weighted by Gasteiger charge is 1.98. The summed E-state index contributed by atoms with van der Waals surface area (Å²) in [6, 6.07) is 3.53. The van der Waals surface area contributed by atoms with Crippen molar-refractivity contribution >= 4 is 23.1 Å². The zero-order chi connectivity index (χ0) is 12.1. The molecule has 17 heavy (non-hydrogen) atoms. The minimum Gasteiger partial charge on any atom is -0.352 e. The van der Waals surface area contributed by atoms with Crippen LogP contribution < -0.4 is 10.6 Å². The van der Waals surface area contributed by atoms with E-state index in [0.717, 1.165) is 11.4 Å². The number of carbonyl (C=O) groups is 1. The van der Waals surface area contributed by atoms with Gasteiger partial charge in [0.05, 0.1) is 30.0 Å². The summed E-state index contributed by atoms with van der Waals surface area (Å²) in [5.41, 5.74) is 1.58. The van der Waals surface area contributed by atoms with Crippen LogP contribution in [0.4, 0.5) is 17.2 Å². The van der Waals surface area contributed by atoms with Crippen LogP contribution in [0.5, 0.6) is 0 Å². The first-order valence-electron chi connectivity index (χ1n) is 5.00. The van der Waals surface area contributed by atoms with Crippen molar-refractivity contribution in [2.24, 2.45) is 0 Å². The van der Waals surface area contributed by atoms with Crippen LogP contribution in [0.1, 0.15) is 6.92 Å². The molecule has 6 nitrogen and oxygen atoms in total. The van der Waals surface area contributed by atoms with Crippen LogP contribution in [0.25, 0.3) is 0 Å². The van der Waals surface area contributed by atoms with Crippen LogP contribution in [0, 0.1) is 0 Å². The van der Waals surface area contributed by atoms with E-state index in [1.807, 2.05) is 6.07 Å². The van der Waals surface area contributed by atoms with Crippen LogP contribution in [0.2, 0.25) is 0 Å². The summed E-state index contributed by atoms with van der Waals surface area (Å²) in [4.78, 5) is 22.7. The summed E-state index contributed by atoms with van der Waals surface area (Å²) in [6.07, 6.45) is 6.41. The van der Waals surface area contributed by atoms with Gasteiger partial charge in [0.2, 0.25) is 5.91 Å². The second-order valence-electron chi connectivity index (χ2n) is 3.37. The van der Waals surface area contributed by atoms with Gasteiger partial charge in [-0.1, -0.05) is 0 Å². The van der Waals surface area contributed by atoms with Gasteiger partial charge in [0.1, 0.15) is 12.1 Å². The van der Waals surface area contributed by atoms with Crippen LogP contribution in [-0.4, -0.2) is 20.9 Å². The number of hydrogen-bond donors (Lipinski definition) is 2. The van der Waals surface area contributed by atoms with Gasteiger partial charge in [-0.15, -0.1) is 0 Å². The second-order valence-corrected chi connectivity index (χ2v) is 3.37. The minimum atomic E-state index is -0.144. The molecule has 0 unspecified atom stereocenters. The van der Waals surface area contributed by atoms with Gasteiger partial charge in [0.15, 0.2) is 0 Å². The molecule has 0 aliphatic heterocycles. The van der Waals surface area contributed by atoms with E-state index in [1.54, 1.807) is 24.7 Å². The van der Waals surface area contributed by atoms with Crippen LogP contribution in [0.3, 0.4) is 0 Å². The first kappa shape index (κ1) is 11.0. The standard InChI is InChI=1S/C11H11N5O/c1-8(17)15-11-3-2-9(6-14-11)16-10-4-12-7-13-5-10/h2-7,16H,1H3,(H,14,15,17). The molecule has 0 atom stereocenters. The van der Waals surface area contributed by atoms with Crippen molar-refractivity contribution in [1.82, 2.24) is 15.0 Å². The lowest BCUT2D eigenvalue weighted by molar-refractivity contribution is -0.114. The number of pyridine rings is 1. The number of nitrogens with one attached hydrogen (secondary N) is 2. The third-order valence-corrected chi connectivity index (χ3v) is 1.92. The smallest absolute Gasteiger partial charge is 0.222 e. The Bertz CT molecular complexity index is 497. The monoisotopic (exact) mass is 229 g/mol. The van der Waals surface area contributed by atoms with Crippen molar-refractivity contribution < 1.29 is 4.79 Å². The van der Waals surface area contributed by atoms with E-state index in [-0.39, 0.29) is 5.91 Å². The molecule has 1 amide bonds. The topological polar surface area (TPSA) is 79.8 Å². The Kier molecular flexibility index (Phi) is 3.25.